The van der Waals surface area contributed by atoms with Crippen LogP contribution in [0, 0.1) is 0 Å². The predicted octanol–water partition coefficient (Wildman–Crippen LogP) is 9.19. The number of benzene rings is 4. The number of hydrazine groups is 1. The van der Waals surface area contributed by atoms with Gasteiger partial charge in [0.05, 0.1) is 45.7 Å². The van der Waals surface area contributed by atoms with Gasteiger partial charge in [0.2, 0.25) is 5.75 Å². The normalized spacial score (nSPS) is 20.3. The van der Waals surface area contributed by atoms with E-state index in [9.17, 15) is 18.0 Å². The van der Waals surface area contributed by atoms with Crippen molar-refractivity contribution in [2.75, 3.05) is 53.6 Å². The number of carbonyl (C=O) groups excluding carboxylic acids is 1. The van der Waals surface area contributed by atoms with Crippen LogP contribution in [0.3, 0.4) is 0 Å². The van der Waals surface area contributed by atoms with Crippen molar-refractivity contribution in [2.24, 2.45) is 0 Å². The highest BCUT2D eigenvalue weighted by Gasteiger charge is 2.44. The number of carbonyl (C=O) groups is 1. The predicted molar refractivity (Wildman–Crippen MR) is 212 cm³/mol. The highest BCUT2D eigenvalue weighted by molar-refractivity contribution is 6.06. The summed E-state index contributed by atoms with van der Waals surface area (Å²) in [5.41, 5.74) is 4.41. The third kappa shape index (κ3) is 6.81. The lowest BCUT2D eigenvalue weighted by Crippen LogP contribution is -2.54. The Kier molecular flexibility index (Phi) is 10.4. The standard InChI is InChI=1S/C45H44F3N3O7/c1-7-31-10-8-9-11-33-32-24-39(36(53-3)21-27(32)16-18-49(33)2)58-43-41-28(22-40(55-5)42(43)56-6)17-19-50-35(41)20-29-23-38(57-31)37(54-4)25-34(29)51(50)44(52)26-12-14-30(15-13-26)45(46,47)48/h7-10,12-15,21-25,33,35H,1,11,16-20H2,2-6H3/b9-8+,31-10+/t33-,35-/m0/s1. The van der Waals surface area contributed by atoms with E-state index in [1.807, 2.05) is 41.4 Å². The van der Waals surface area contributed by atoms with Gasteiger partial charge in [-0.2, -0.15) is 13.2 Å². The summed E-state index contributed by atoms with van der Waals surface area (Å²) in [4.78, 5) is 17.1. The molecule has 0 radical (unpaired) electrons. The molecule has 4 aliphatic rings. The van der Waals surface area contributed by atoms with Crippen LogP contribution in [0.1, 0.15) is 62.2 Å². The van der Waals surface area contributed by atoms with Gasteiger partial charge in [0.15, 0.2) is 34.5 Å². The lowest BCUT2D eigenvalue weighted by molar-refractivity contribution is -0.137. The molecule has 0 aliphatic carbocycles. The Morgan fingerprint density at radius 3 is 2.21 bits per heavy atom. The minimum atomic E-state index is -4.56. The summed E-state index contributed by atoms with van der Waals surface area (Å²) in [5, 5.41) is 3.48. The smallest absolute Gasteiger partial charge is 0.416 e. The molecule has 0 saturated carbocycles. The lowest BCUT2D eigenvalue weighted by Gasteiger charge is -2.48. The molecule has 0 spiro atoms. The Bertz CT molecular complexity index is 2340. The highest BCUT2D eigenvalue weighted by atomic mass is 19.4. The van der Waals surface area contributed by atoms with E-state index in [1.54, 1.807) is 33.5 Å². The molecule has 302 valence electrons. The van der Waals surface area contributed by atoms with Gasteiger partial charge < -0.3 is 28.4 Å². The molecule has 0 aromatic heterocycles. The third-order valence-electron chi connectivity index (χ3n) is 11.4. The monoisotopic (exact) mass is 795 g/mol. The SMILES string of the molecule is C=C/C1=C\C=C\C[C@H]2c3cc(c(OC)cc3CCN2C)Oc2c(OC)c(OC)cc3c2[C@@H]2Cc4cc(c(OC)cc4N(C(=O)c4ccc(C(F)(F)F)cc4)N2CC3)O1. The Morgan fingerprint density at radius 2 is 1.52 bits per heavy atom. The third-order valence-corrected chi connectivity index (χ3v) is 11.4. The van der Waals surface area contributed by atoms with Gasteiger partial charge in [0.1, 0.15) is 5.76 Å². The van der Waals surface area contributed by atoms with E-state index in [0.29, 0.717) is 77.5 Å². The minimum Gasteiger partial charge on any atom is -0.493 e. The number of amides is 1. The van der Waals surface area contributed by atoms with Crippen molar-refractivity contribution < 1.29 is 46.4 Å². The number of halogens is 3. The molecule has 4 heterocycles. The second kappa shape index (κ2) is 15.4. The first-order valence-corrected chi connectivity index (χ1v) is 19.0. The fourth-order valence-electron chi connectivity index (χ4n) is 8.51. The summed E-state index contributed by atoms with van der Waals surface area (Å²) < 4.78 is 78.1. The van der Waals surface area contributed by atoms with E-state index < -0.39 is 23.7 Å². The number of methoxy groups -OCH3 is 4. The molecule has 0 N–H and O–H groups in total. The van der Waals surface area contributed by atoms with Gasteiger partial charge in [0, 0.05) is 36.3 Å². The number of alkyl halides is 3. The van der Waals surface area contributed by atoms with Crippen LogP contribution in [0.2, 0.25) is 0 Å². The first kappa shape index (κ1) is 38.9. The van der Waals surface area contributed by atoms with Crippen molar-refractivity contribution in [1.29, 1.82) is 0 Å². The van der Waals surface area contributed by atoms with Crippen LogP contribution in [0.25, 0.3) is 0 Å². The van der Waals surface area contributed by atoms with E-state index >= 15 is 0 Å². The number of hydrogen-bond donors (Lipinski definition) is 0. The number of rotatable bonds is 6. The molecule has 0 saturated heterocycles. The fraction of sp³-hybridized carbons (Fsp3) is 0.311. The van der Waals surface area contributed by atoms with Gasteiger partial charge in [0.25, 0.3) is 5.91 Å². The van der Waals surface area contributed by atoms with Crippen molar-refractivity contribution >= 4 is 11.6 Å². The number of likely N-dealkylation sites (N-methyl/N-ethyl adjacent to an activating group) is 1. The summed E-state index contributed by atoms with van der Waals surface area (Å²) in [6, 6.07) is 13.3. The number of ether oxygens (including phenoxy) is 6. The van der Waals surface area contributed by atoms with E-state index in [0.717, 1.165) is 52.9 Å². The van der Waals surface area contributed by atoms with Crippen molar-refractivity contribution in [3.8, 4) is 40.2 Å². The summed E-state index contributed by atoms with van der Waals surface area (Å²) in [6.45, 7) is 5.23. The van der Waals surface area contributed by atoms with Gasteiger partial charge in [-0.3, -0.25) is 9.69 Å². The summed E-state index contributed by atoms with van der Waals surface area (Å²) in [5.74, 6) is 2.98. The second-order valence-electron chi connectivity index (χ2n) is 14.6. The summed E-state index contributed by atoms with van der Waals surface area (Å²) in [7, 11) is 8.35. The molecule has 58 heavy (non-hydrogen) atoms. The number of allylic oxidation sites excluding steroid dienone is 3. The number of anilines is 1. The molecule has 8 rings (SSSR count). The number of hydrogen-bond acceptors (Lipinski definition) is 9. The van der Waals surface area contributed by atoms with Gasteiger partial charge in [-0.25, -0.2) is 10.0 Å². The van der Waals surface area contributed by atoms with Crippen LogP contribution in [0.5, 0.6) is 40.2 Å². The van der Waals surface area contributed by atoms with Crippen molar-refractivity contribution in [3.63, 3.8) is 0 Å². The zero-order chi connectivity index (χ0) is 40.9. The second-order valence-corrected chi connectivity index (χ2v) is 14.6. The quantitative estimate of drug-likeness (QED) is 0.190. The number of nitrogens with zero attached hydrogens (tertiary/aromatic N) is 3. The molecule has 4 aromatic carbocycles. The molecule has 4 aliphatic heterocycles. The molecule has 13 heteroatoms. The molecular weight excluding hydrogens is 752 g/mol. The maximum atomic E-state index is 14.8. The molecule has 0 fully saturated rings. The van der Waals surface area contributed by atoms with Crippen LogP contribution < -0.4 is 33.4 Å². The van der Waals surface area contributed by atoms with Crippen molar-refractivity contribution in [2.45, 2.75) is 43.9 Å². The largest absolute Gasteiger partial charge is 0.493 e. The minimum absolute atomic E-state index is 0.0311. The van der Waals surface area contributed by atoms with Crippen LogP contribution >= 0.6 is 0 Å². The van der Waals surface area contributed by atoms with E-state index in [1.165, 1.54) is 24.3 Å². The Balaban J connectivity index is 1.38. The molecule has 0 unspecified atom stereocenters. The highest BCUT2D eigenvalue weighted by Crippen LogP contribution is 2.55. The average molecular weight is 796 g/mol. The molecule has 2 atom stereocenters. The molecule has 10 nitrogen and oxygen atoms in total. The Hall–Kier alpha value is -5.92. The fourth-order valence-corrected chi connectivity index (χ4v) is 8.51. The molecule has 1 amide bonds. The van der Waals surface area contributed by atoms with Gasteiger partial charge in [-0.1, -0.05) is 18.7 Å². The van der Waals surface area contributed by atoms with Gasteiger partial charge in [-0.05, 0) is 116 Å². The maximum absolute atomic E-state index is 14.8. The summed E-state index contributed by atoms with van der Waals surface area (Å²) >= 11 is 0. The van der Waals surface area contributed by atoms with Crippen LogP contribution in [0.15, 0.2) is 91.2 Å². The van der Waals surface area contributed by atoms with Crippen molar-refractivity contribution in [3.05, 3.63) is 130 Å². The zero-order valence-electron chi connectivity index (χ0n) is 32.9. The Labute approximate surface area is 335 Å². The summed E-state index contributed by atoms with van der Waals surface area (Å²) in [6.07, 6.45) is 5.31. The first-order chi connectivity index (χ1) is 28.0. The van der Waals surface area contributed by atoms with Crippen LogP contribution in [-0.4, -0.2) is 64.4 Å². The van der Waals surface area contributed by atoms with E-state index in [2.05, 4.69) is 24.6 Å². The van der Waals surface area contributed by atoms with E-state index in [-0.39, 0.29) is 11.6 Å². The van der Waals surface area contributed by atoms with Crippen LogP contribution in [-0.2, 0) is 25.4 Å². The molecule has 4 aromatic rings. The Morgan fingerprint density at radius 1 is 0.828 bits per heavy atom. The van der Waals surface area contributed by atoms with Gasteiger partial charge in [-0.15, -0.1) is 0 Å². The van der Waals surface area contributed by atoms with Crippen molar-refractivity contribution in [1.82, 2.24) is 9.91 Å². The van der Waals surface area contributed by atoms with Crippen LogP contribution in [0.4, 0.5) is 18.9 Å². The molecule has 5 bridgehead atoms. The lowest BCUT2D eigenvalue weighted by atomic mass is 9.85. The van der Waals surface area contributed by atoms with Gasteiger partial charge >= 0.3 is 6.18 Å². The number of fused-ring (bicyclic) bond motifs is 2. The topological polar surface area (TPSA) is 82.2 Å². The first-order valence-electron chi connectivity index (χ1n) is 19.0. The average Bonchev–Trinajstić information content (AvgIpc) is 3.22. The maximum Gasteiger partial charge on any atom is 0.416 e. The zero-order valence-corrected chi connectivity index (χ0v) is 32.9. The molecular formula is C45H44F3N3O7. The van der Waals surface area contributed by atoms with E-state index in [4.69, 9.17) is 28.4 Å².